The maximum absolute atomic E-state index is 13.9. The summed E-state index contributed by atoms with van der Waals surface area (Å²) in [5.41, 5.74) is 3.99. The Morgan fingerprint density at radius 2 is 2.20 bits per heavy atom. The van der Waals surface area contributed by atoms with Gasteiger partial charge in [-0.3, -0.25) is 4.99 Å². The zero-order chi connectivity index (χ0) is 14.5. The van der Waals surface area contributed by atoms with Crippen LogP contribution in [0.15, 0.2) is 47.4 Å². The van der Waals surface area contributed by atoms with Crippen molar-refractivity contribution in [1.82, 2.24) is 9.97 Å². The normalized spacial score (nSPS) is 12.8. The second-order valence-electron chi connectivity index (χ2n) is 4.66. The molecule has 0 atom stereocenters. The van der Waals surface area contributed by atoms with Gasteiger partial charge < -0.3 is 4.98 Å². The van der Waals surface area contributed by atoms with Gasteiger partial charge in [0, 0.05) is 29.9 Å². The monoisotopic (exact) mass is 271 g/mol. The van der Waals surface area contributed by atoms with E-state index in [0.717, 1.165) is 23.3 Å². The minimum atomic E-state index is -0.505. The third-order valence-corrected chi connectivity index (χ3v) is 3.19. The summed E-state index contributed by atoms with van der Waals surface area (Å²) in [5.74, 6) is -0.505. The molecule has 0 radical (unpaired) electrons. The number of halogens is 1. The Bertz CT molecular complexity index is 653. The minimum absolute atomic E-state index is 0.412. The third-order valence-electron chi connectivity index (χ3n) is 3.19. The Balaban J connectivity index is 2.57. The number of nitrogens with one attached hydrogen (secondary N) is 1. The second kappa shape index (κ2) is 6.28. The molecule has 2 rings (SSSR count). The standard InChI is InChI=1S/C16H18FN3/c1-4-11(2)10-20-15(13-7-9-18-12(13)3)14-6-5-8-19-16(14)17/h5-10,18H,4H2,1-3H3. The van der Waals surface area contributed by atoms with Crippen LogP contribution >= 0.6 is 0 Å². The highest BCUT2D eigenvalue weighted by Gasteiger charge is 2.14. The summed E-state index contributed by atoms with van der Waals surface area (Å²) in [7, 11) is 0. The fourth-order valence-electron chi connectivity index (χ4n) is 1.82. The average molecular weight is 271 g/mol. The number of hydrogen-bond donors (Lipinski definition) is 1. The van der Waals surface area contributed by atoms with Crippen molar-refractivity contribution in [3.8, 4) is 0 Å². The minimum Gasteiger partial charge on any atom is -0.365 e. The Morgan fingerprint density at radius 1 is 1.40 bits per heavy atom. The highest BCUT2D eigenvalue weighted by Crippen LogP contribution is 2.16. The first-order valence-corrected chi connectivity index (χ1v) is 6.62. The Kier molecular flexibility index (Phi) is 4.45. The Morgan fingerprint density at radius 3 is 2.80 bits per heavy atom. The zero-order valence-electron chi connectivity index (χ0n) is 11.9. The van der Waals surface area contributed by atoms with Gasteiger partial charge in [0.2, 0.25) is 5.95 Å². The van der Waals surface area contributed by atoms with E-state index in [1.165, 1.54) is 6.20 Å². The van der Waals surface area contributed by atoms with Crippen molar-refractivity contribution in [3.05, 3.63) is 65.1 Å². The summed E-state index contributed by atoms with van der Waals surface area (Å²) in [5, 5.41) is 0. The summed E-state index contributed by atoms with van der Waals surface area (Å²) in [6.07, 6.45) is 5.96. The molecule has 20 heavy (non-hydrogen) atoms. The largest absolute Gasteiger partial charge is 0.365 e. The number of H-pyrrole nitrogens is 1. The molecule has 0 aromatic carbocycles. The Hall–Kier alpha value is -2.23. The lowest BCUT2D eigenvalue weighted by Gasteiger charge is -2.06. The number of allylic oxidation sites excluding steroid dienone is 1. The van der Waals surface area contributed by atoms with Crippen LogP contribution in [0.1, 0.15) is 37.1 Å². The lowest BCUT2D eigenvalue weighted by atomic mass is 10.0. The van der Waals surface area contributed by atoms with Crippen LogP contribution in [-0.2, 0) is 0 Å². The van der Waals surface area contributed by atoms with Gasteiger partial charge in [0.05, 0.1) is 11.3 Å². The van der Waals surface area contributed by atoms with E-state index < -0.39 is 5.95 Å². The lowest BCUT2D eigenvalue weighted by molar-refractivity contribution is 0.581. The van der Waals surface area contributed by atoms with E-state index in [1.54, 1.807) is 18.3 Å². The molecule has 0 aliphatic carbocycles. The van der Waals surface area contributed by atoms with Crippen molar-refractivity contribution in [2.75, 3.05) is 0 Å². The highest BCUT2D eigenvalue weighted by molar-refractivity contribution is 6.13. The second-order valence-corrected chi connectivity index (χ2v) is 4.66. The Labute approximate surface area is 118 Å². The van der Waals surface area contributed by atoms with Crippen molar-refractivity contribution in [2.45, 2.75) is 27.2 Å². The van der Waals surface area contributed by atoms with E-state index in [-0.39, 0.29) is 0 Å². The molecule has 2 heterocycles. The van der Waals surface area contributed by atoms with Crippen LogP contribution in [-0.4, -0.2) is 15.7 Å². The van der Waals surface area contributed by atoms with Gasteiger partial charge in [-0.05, 0) is 38.5 Å². The van der Waals surface area contributed by atoms with E-state index in [4.69, 9.17) is 0 Å². The van der Waals surface area contributed by atoms with Crippen LogP contribution in [0, 0.1) is 12.9 Å². The van der Waals surface area contributed by atoms with Crippen LogP contribution < -0.4 is 0 Å². The van der Waals surface area contributed by atoms with Crippen LogP contribution in [0.5, 0.6) is 0 Å². The maximum atomic E-state index is 13.9. The molecule has 0 saturated carbocycles. The van der Waals surface area contributed by atoms with Crippen LogP contribution in [0.4, 0.5) is 4.39 Å². The van der Waals surface area contributed by atoms with Gasteiger partial charge in [0.15, 0.2) is 0 Å². The van der Waals surface area contributed by atoms with Gasteiger partial charge in [0.25, 0.3) is 0 Å². The molecule has 2 aromatic heterocycles. The number of aliphatic imine (C=N–C) groups is 1. The van der Waals surface area contributed by atoms with E-state index in [2.05, 4.69) is 21.9 Å². The van der Waals surface area contributed by atoms with Gasteiger partial charge in [-0.1, -0.05) is 12.5 Å². The summed E-state index contributed by atoms with van der Waals surface area (Å²) in [6.45, 7) is 6.01. The average Bonchev–Trinajstić information content (AvgIpc) is 2.87. The molecule has 2 aromatic rings. The molecule has 1 N–H and O–H groups in total. The van der Waals surface area contributed by atoms with Gasteiger partial charge >= 0.3 is 0 Å². The van der Waals surface area contributed by atoms with Crippen molar-refractivity contribution >= 4 is 5.71 Å². The molecule has 0 bridgehead atoms. The van der Waals surface area contributed by atoms with Crippen molar-refractivity contribution < 1.29 is 4.39 Å². The summed E-state index contributed by atoms with van der Waals surface area (Å²) in [6, 6.07) is 5.31. The fourth-order valence-corrected chi connectivity index (χ4v) is 1.82. The topological polar surface area (TPSA) is 41.0 Å². The van der Waals surface area contributed by atoms with Crippen LogP contribution in [0.25, 0.3) is 0 Å². The SMILES string of the molecule is CCC(C)=CN=C(c1cccnc1F)c1cc[nH]c1C. The van der Waals surface area contributed by atoms with Crippen LogP contribution in [0.2, 0.25) is 0 Å². The molecule has 0 saturated heterocycles. The number of nitrogens with zero attached hydrogens (tertiary/aromatic N) is 2. The van der Waals surface area contributed by atoms with Crippen molar-refractivity contribution in [3.63, 3.8) is 0 Å². The van der Waals surface area contributed by atoms with E-state index in [0.29, 0.717) is 11.3 Å². The van der Waals surface area contributed by atoms with Crippen molar-refractivity contribution in [2.24, 2.45) is 4.99 Å². The number of pyridine rings is 1. The molecule has 0 fully saturated rings. The molecule has 0 aliphatic heterocycles. The molecular formula is C16H18FN3. The molecule has 0 aliphatic rings. The number of aromatic amines is 1. The third kappa shape index (κ3) is 3.02. The number of aryl methyl sites for hydroxylation is 1. The summed E-state index contributed by atoms with van der Waals surface area (Å²) >= 11 is 0. The smallest absolute Gasteiger partial charge is 0.222 e. The first-order chi connectivity index (χ1) is 9.63. The number of rotatable bonds is 4. The molecule has 3 nitrogen and oxygen atoms in total. The van der Waals surface area contributed by atoms with Crippen LogP contribution in [0.3, 0.4) is 0 Å². The van der Waals surface area contributed by atoms with Gasteiger partial charge in [-0.15, -0.1) is 0 Å². The van der Waals surface area contributed by atoms with Gasteiger partial charge in [0.1, 0.15) is 0 Å². The fraction of sp³-hybridized carbons (Fsp3) is 0.250. The summed E-state index contributed by atoms with van der Waals surface area (Å²) in [4.78, 5) is 11.3. The van der Waals surface area contributed by atoms with E-state index in [1.807, 2.05) is 26.1 Å². The highest BCUT2D eigenvalue weighted by atomic mass is 19.1. The molecule has 104 valence electrons. The van der Waals surface area contributed by atoms with E-state index in [9.17, 15) is 4.39 Å². The quantitative estimate of drug-likeness (QED) is 0.662. The maximum Gasteiger partial charge on any atom is 0.222 e. The number of aromatic nitrogens is 2. The molecular weight excluding hydrogens is 253 g/mol. The van der Waals surface area contributed by atoms with E-state index >= 15 is 0 Å². The predicted octanol–water partition coefficient (Wildman–Crippen LogP) is 4.01. The first kappa shape index (κ1) is 14.2. The molecule has 0 unspecified atom stereocenters. The zero-order valence-corrected chi connectivity index (χ0v) is 11.9. The number of hydrogen-bond acceptors (Lipinski definition) is 2. The molecule has 4 heteroatoms. The lowest BCUT2D eigenvalue weighted by Crippen LogP contribution is -2.07. The van der Waals surface area contributed by atoms with Gasteiger partial charge in [-0.25, -0.2) is 4.98 Å². The first-order valence-electron chi connectivity index (χ1n) is 6.62. The predicted molar refractivity (Wildman–Crippen MR) is 79.4 cm³/mol. The molecule has 0 amide bonds. The van der Waals surface area contributed by atoms with Crippen molar-refractivity contribution in [1.29, 1.82) is 0 Å². The molecule has 0 spiro atoms. The van der Waals surface area contributed by atoms with Gasteiger partial charge in [-0.2, -0.15) is 4.39 Å². The summed E-state index contributed by atoms with van der Waals surface area (Å²) < 4.78 is 13.9.